The van der Waals surface area contributed by atoms with Gasteiger partial charge in [-0.05, 0) is 67.9 Å². The van der Waals surface area contributed by atoms with Crippen LogP contribution in [0.2, 0.25) is 5.02 Å². The van der Waals surface area contributed by atoms with Crippen molar-refractivity contribution in [3.05, 3.63) is 100 Å². The summed E-state index contributed by atoms with van der Waals surface area (Å²) in [6, 6.07) is 22.9. The second-order valence-electron chi connectivity index (χ2n) is 7.12. The Kier molecular flexibility index (Phi) is 6.44. The summed E-state index contributed by atoms with van der Waals surface area (Å²) in [6.45, 7) is 3.84. The van der Waals surface area contributed by atoms with Crippen LogP contribution in [-0.2, 0) is 5.75 Å². The number of rotatable bonds is 6. The molecule has 0 unspecified atom stereocenters. The van der Waals surface area contributed by atoms with Crippen molar-refractivity contribution >= 4 is 35.0 Å². The molecule has 31 heavy (non-hydrogen) atoms. The summed E-state index contributed by atoms with van der Waals surface area (Å²) in [5.41, 5.74) is 3.92. The van der Waals surface area contributed by atoms with E-state index in [-0.39, 0.29) is 5.91 Å². The average molecular weight is 449 g/mol. The first-order valence-electron chi connectivity index (χ1n) is 9.82. The molecule has 0 aliphatic rings. The van der Waals surface area contributed by atoms with Crippen LogP contribution in [0.5, 0.6) is 0 Å². The fourth-order valence-corrected chi connectivity index (χ4v) is 4.09. The largest absolute Gasteiger partial charge is 0.441 e. The summed E-state index contributed by atoms with van der Waals surface area (Å²) in [5, 5.41) is 3.48. The summed E-state index contributed by atoms with van der Waals surface area (Å²) in [4.78, 5) is 18.4. The van der Waals surface area contributed by atoms with Crippen LogP contribution in [0.25, 0.3) is 11.5 Å². The number of amides is 1. The van der Waals surface area contributed by atoms with Crippen molar-refractivity contribution in [2.45, 2.75) is 24.5 Å². The van der Waals surface area contributed by atoms with E-state index in [4.69, 9.17) is 16.0 Å². The van der Waals surface area contributed by atoms with Gasteiger partial charge in [0.1, 0.15) is 5.76 Å². The molecule has 0 aliphatic heterocycles. The Bertz CT molecular complexity index is 1200. The number of benzene rings is 3. The molecular weight excluding hydrogens is 428 g/mol. The SMILES string of the molecule is Cc1ccc(NC(=O)c2ccc(-c3nc(CSc4ccccc4)c(C)o3)cc2)cc1Cl. The Labute approximate surface area is 190 Å². The molecule has 1 N–H and O–H groups in total. The smallest absolute Gasteiger partial charge is 0.255 e. The average Bonchev–Trinajstić information content (AvgIpc) is 3.16. The zero-order valence-corrected chi connectivity index (χ0v) is 18.8. The van der Waals surface area contributed by atoms with Crippen LogP contribution >= 0.6 is 23.4 Å². The Balaban J connectivity index is 1.44. The van der Waals surface area contributed by atoms with E-state index in [1.807, 2.05) is 56.3 Å². The van der Waals surface area contributed by atoms with Crippen molar-refractivity contribution in [3.63, 3.8) is 0 Å². The van der Waals surface area contributed by atoms with Crippen LogP contribution in [0.1, 0.15) is 27.4 Å². The highest BCUT2D eigenvalue weighted by atomic mass is 35.5. The number of oxazole rings is 1. The number of thioether (sulfide) groups is 1. The van der Waals surface area contributed by atoms with Crippen LogP contribution in [0.15, 0.2) is 82.1 Å². The Morgan fingerprint density at radius 1 is 1.03 bits per heavy atom. The maximum Gasteiger partial charge on any atom is 0.255 e. The van der Waals surface area contributed by atoms with E-state index in [2.05, 4.69) is 22.4 Å². The third-order valence-corrected chi connectivity index (χ3v) is 6.27. The van der Waals surface area contributed by atoms with E-state index in [0.29, 0.717) is 22.2 Å². The number of nitrogens with one attached hydrogen (secondary N) is 1. The molecular formula is C25H21ClN2O2S. The number of nitrogens with zero attached hydrogens (tertiary/aromatic N) is 1. The molecule has 0 saturated heterocycles. The monoisotopic (exact) mass is 448 g/mol. The third kappa shape index (κ3) is 5.19. The fraction of sp³-hybridized carbons (Fsp3) is 0.120. The number of carbonyl (C=O) groups excluding carboxylic acids is 1. The molecule has 6 heteroatoms. The van der Waals surface area contributed by atoms with Crippen molar-refractivity contribution in [1.82, 2.24) is 4.98 Å². The van der Waals surface area contributed by atoms with Gasteiger partial charge in [0.15, 0.2) is 0 Å². The third-order valence-electron chi connectivity index (χ3n) is 4.84. The van der Waals surface area contributed by atoms with Gasteiger partial charge in [0.2, 0.25) is 5.89 Å². The van der Waals surface area contributed by atoms with Crippen LogP contribution in [-0.4, -0.2) is 10.9 Å². The van der Waals surface area contributed by atoms with Gasteiger partial charge in [0.05, 0.1) is 5.69 Å². The van der Waals surface area contributed by atoms with Crippen LogP contribution in [0, 0.1) is 13.8 Å². The summed E-state index contributed by atoms with van der Waals surface area (Å²) in [6.07, 6.45) is 0. The lowest BCUT2D eigenvalue weighted by Crippen LogP contribution is -2.11. The quantitative estimate of drug-likeness (QED) is 0.318. The zero-order valence-electron chi connectivity index (χ0n) is 17.2. The van der Waals surface area contributed by atoms with Gasteiger partial charge >= 0.3 is 0 Å². The lowest BCUT2D eigenvalue weighted by molar-refractivity contribution is 0.102. The van der Waals surface area contributed by atoms with Crippen molar-refractivity contribution in [3.8, 4) is 11.5 Å². The predicted molar refractivity (Wildman–Crippen MR) is 127 cm³/mol. The lowest BCUT2D eigenvalue weighted by Gasteiger charge is -2.07. The minimum Gasteiger partial charge on any atom is -0.441 e. The molecule has 4 rings (SSSR count). The van der Waals surface area contributed by atoms with Gasteiger partial charge in [-0.3, -0.25) is 4.79 Å². The highest BCUT2D eigenvalue weighted by Gasteiger charge is 2.13. The second kappa shape index (κ2) is 9.41. The zero-order chi connectivity index (χ0) is 21.8. The molecule has 1 aromatic heterocycles. The summed E-state index contributed by atoms with van der Waals surface area (Å²) in [7, 11) is 0. The summed E-state index contributed by atoms with van der Waals surface area (Å²) < 4.78 is 5.87. The van der Waals surface area contributed by atoms with Gasteiger partial charge in [0.25, 0.3) is 5.91 Å². The predicted octanol–water partition coefficient (Wildman–Crippen LogP) is 7.16. The van der Waals surface area contributed by atoms with E-state index in [9.17, 15) is 4.79 Å². The Hall–Kier alpha value is -3.02. The highest BCUT2D eigenvalue weighted by Crippen LogP contribution is 2.28. The molecule has 0 fully saturated rings. The van der Waals surface area contributed by atoms with Gasteiger partial charge < -0.3 is 9.73 Å². The minimum absolute atomic E-state index is 0.199. The van der Waals surface area contributed by atoms with E-state index < -0.39 is 0 Å². The van der Waals surface area contributed by atoms with Crippen molar-refractivity contribution in [1.29, 1.82) is 0 Å². The number of anilines is 1. The molecule has 3 aromatic carbocycles. The molecule has 156 valence electrons. The molecule has 0 atom stereocenters. The van der Waals surface area contributed by atoms with Gasteiger partial charge in [-0.15, -0.1) is 11.8 Å². The molecule has 0 saturated carbocycles. The Morgan fingerprint density at radius 3 is 2.48 bits per heavy atom. The first-order chi connectivity index (χ1) is 15.0. The first kappa shape index (κ1) is 21.2. The number of halogens is 1. The van der Waals surface area contributed by atoms with Crippen molar-refractivity contribution < 1.29 is 9.21 Å². The molecule has 0 spiro atoms. The Morgan fingerprint density at radius 2 is 1.77 bits per heavy atom. The molecule has 0 bridgehead atoms. The molecule has 4 aromatic rings. The normalized spacial score (nSPS) is 10.8. The van der Waals surface area contributed by atoms with Gasteiger partial charge in [0, 0.05) is 32.5 Å². The highest BCUT2D eigenvalue weighted by molar-refractivity contribution is 7.98. The molecule has 1 heterocycles. The standard InChI is InChI=1S/C25H21ClN2O2S/c1-16-8-13-20(14-22(16)26)27-24(29)18-9-11-19(12-10-18)25-28-23(17(2)30-25)15-31-21-6-4-3-5-7-21/h3-14H,15H2,1-2H3,(H,27,29). The van der Waals surface area contributed by atoms with E-state index >= 15 is 0 Å². The maximum absolute atomic E-state index is 12.5. The van der Waals surface area contributed by atoms with Gasteiger partial charge in [-0.25, -0.2) is 4.98 Å². The minimum atomic E-state index is -0.199. The van der Waals surface area contributed by atoms with Crippen LogP contribution < -0.4 is 5.32 Å². The van der Waals surface area contributed by atoms with E-state index in [1.165, 1.54) is 4.90 Å². The van der Waals surface area contributed by atoms with Gasteiger partial charge in [-0.1, -0.05) is 35.9 Å². The lowest BCUT2D eigenvalue weighted by atomic mass is 10.1. The van der Waals surface area contributed by atoms with Crippen LogP contribution in [0.3, 0.4) is 0 Å². The second-order valence-corrected chi connectivity index (χ2v) is 8.58. The number of hydrogen-bond acceptors (Lipinski definition) is 4. The number of carbonyl (C=O) groups is 1. The summed E-state index contributed by atoms with van der Waals surface area (Å²) >= 11 is 7.85. The number of aryl methyl sites for hydroxylation is 2. The van der Waals surface area contributed by atoms with E-state index in [0.717, 1.165) is 28.3 Å². The fourth-order valence-electron chi connectivity index (χ4n) is 2.99. The number of aromatic nitrogens is 1. The first-order valence-corrected chi connectivity index (χ1v) is 11.2. The van der Waals surface area contributed by atoms with E-state index in [1.54, 1.807) is 30.0 Å². The maximum atomic E-state index is 12.5. The summed E-state index contributed by atoms with van der Waals surface area (Å²) in [5.74, 6) is 1.89. The van der Waals surface area contributed by atoms with Crippen molar-refractivity contribution in [2.75, 3.05) is 5.32 Å². The van der Waals surface area contributed by atoms with Crippen LogP contribution in [0.4, 0.5) is 5.69 Å². The van der Waals surface area contributed by atoms with Gasteiger partial charge in [-0.2, -0.15) is 0 Å². The van der Waals surface area contributed by atoms with Crippen molar-refractivity contribution in [2.24, 2.45) is 0 Å². The molecule has 4 nitrogen and oxygen atoms in total. The molecule has 0 aliphatic carbocycles. The molecule has 0 radical (unpaired) electrons. The molecule has 1 amide bonds. The topological polar surface area (TPSA) is 55.1 Å². The number of hydrogen-bond donors (Lipinski definition) is 1.